The topological polar surface area (TPSA) is 101 Å². The molecule has 0 spiro atoms. The molecule has 3 aliphatic rings. The number of hydrogen-bond donors (Lipinski definition) is 3. The van der Waals surface area contributed by atoms with Crippen LogP contribution in [0, 0.1) is 5.92 Å². The second-order valence-electron chi connectivity index (χ2n) is 7.04. The number of ether oxygens (including phenoxy) is 2. The molecule has 3 heterocycles. The van der Waals surface area contributed by atoms with E-state index in [2.05, 4.69) is 10.6 Å². The largest absolute Gasteiger partial charge is 0.454 e. The molecule has 1 aromatic carbocycles. The average Bonchev–Trinajstić information content (AvgIpc) is 3.13. The lowest BCUT2D eigenvalue weighted by Gasteiger charge is -2.33. The van der Waals surface area contributed by atoms with Crippen molar-refractivity contribution in [1.29, 1.82) is 0 Å². The number of imide groups is 1. The number of piperidine rings is 1. The monoisotopic (exact) mass is 375 g/mol. The summed E-state index contributed by atoms with van der Waals surface area (Å²) in [5, 5.41) is 5.63. The van der Waals surface area contributed by atoms with Crippen molar-refractivity contribution < 1.29 is 28.8 Å². The number of urea groups is 1. The van der Waals surface area contributed by atoms with Crippen LogP contribution in [0.3, 0.4) is 0 Å². The van der Waals surface area contributed by atoms with Crippen LogP contribution in [-0.4, -0.2) is 55.8 Å². The highest BCUT2D eigenvalue weighted by molar-refractivity contribution is 5.96. The number of carbonyl (C=O) groups excluding carboxylic acids is 3. The van der Waals surface area contributed by atoms with E-state index < -0.39 is 0 Å². The molecular weight excluding hydrogens is 352 g/mol. The van der Waals surface area contributed by atoms with Gasteiger partial charge < -0.3 is 25.0 Å². The number of carbonyl (C=O) groups is 3. The van der Waals surface area contributed by atoms with Crippen LogP contribution in [0.2, 0.25) is 0 Å². The van der Waals surface area contributed by atoms with Gasteiger partial charge in [-0.1, -0.05) is 0 Å². The number of nitrogens with one attached hydrogen (secondary N) is 3. The van der Waals surface area contributed by atoms with Crippen molar-refractivity contribution in [3.05, 3.63) is 18.2 Å². The van der Waals surface area contributed by atoms with Crippen molar-refractivity contribution in [3.63, 3.8) is 0 Å². The Morgan fingerprint density at radius 3 is 2.78 bits per heavy atom. The van der Waals surface area contributed by atoms with E-state index >= 15 is 0 Å². The first-order valence-electron chi connectivity index (χ1n) is 9.22. The number of amides is 4. The number of hydrogen-bond acceptors (Lipinski definition) is 5. The standard InChI is InChI=1S/C18H22N4O5/c23-16-3-6-19-18(25)22(16)10-21-7-4-12(5-8-21)17(24)20-13-1-2-14-15(9-13)27-11-26-14/h1-2,9,12H,3-8,10-11H2,(H,19,25)(H,20,24)/p+1. The lowest BCUT2D eigenvalue weighted by Crippen LogP contribution is -3.15. The number of quaternary nitrogens is 1. The molecule has 0 bridgehead atoms. The van der Waals surface area contributed by atoms with E-state index in [-0.39, 0.29) is 30.6 Å². The first-order valence-corrected chi connectivity index (χ1v) is 9.22. The third-order valence-electron chi connectivity index (χ3n) is 5.25. The minimum absolute atomic E-state index is 0.0142. The molecule has 0 saturated carbocycles. The Kier molecular flexibility index (Phi) is 4.85. The highest BCUT2D eigenvalue weighted by Crippen LogP contribution is 2.34. The van der Waals surface area contributed by atoms with Crippen molar-refractivity contribution in [2.75, 3.05) is 38.4 Å². The Morgan fingerprint density at radius 1 is 1.22 bits per heavy atom. The maximum Gasteiger partial charge on any atom is 0.328 e. The van der Waals surface area contributed by atoms with E-state index in [1.807, 2.05) is 0 Å². The summed E-state index contributed by atoms with van der Waals surface area (Å²) in [6, 6.07) is 5.03. The van der Waals surface area contributed by atoms with E-state index in [4.69, 9.17) is 9.47 Å². The second-order valence-corrected chi connectivity index (χ2v) is 7.04. The number of benzene rings is 1. The highest BCUT2D eigenvalue weighted by Gasteiger charge is 2.33. The van der Waals surface area contributed by atoms with E-state index in [1.165, 1.54) is 4.90 Å². The number of anilines is 1. The molecule has 9 heteroatoms. The van der Waals surface area contributed by atoms with Crippen LogP contribution in [0.4, 0.5) is 10.5 Å². The zero-order valence-electron chi connectivity index (χ0n) is 15.0. The SMILES string of the molecule is O=C(Nc1ccc2c(c1)OCO2)C1CC[NH+](CN2C(=O)CCNC2=O)CC1. The summed E-state index contributed by atoms with van der Waals surface area (Å²) >= 11 is 0. The van der Waals surface area contributed by atoms with Crippen LogP contribution in [0.1, 0.15) is 19.3 Å². The molecule has 0 aromatic heterocycles. The maximum absolute atomic E-state index is 12.5. The van der Waals surface area contributed by atoms with Gasteiger partial charge in [-0.3, -0.25) is 9.59 Å². The Balaban J connectivity index is 1.28. The normalized spacial score (nSPS) is 24.5. The molecule has 144 valence electrons. The predicted molar refractivity (Wildman–Crippen MR) is 94.3 cm³/mol. The summed E-state index contributed by atoms with van der Waals surface area (Å²) in [6.07, 6.45) is 1.78. The fourth-order valence-electron chi connectivity index (χ4n) is 3.67. The lowest BCUT2D eigenvalue weighted by atomic mass is 9.96. The van der Waals surface area contributed by atoms with Gasteiger partial charge in [0.05, 0.1) is 13.1 Å². The van der Waals surface area contributed by atoms with Gasteiger partial charge in [-0.2, -0.15) is 0 Å². The molecule has 0 radical (unpaired) electrons. The third kappa shape index (κ3) is 3.82. The Labute approximate surface area is 156 Å². The van der Waals surface area contributed by atoms with Gasteiger partial charge in [-0.05, 0) is 12.1 Å². The predicted octanol–water partition coefficient (Wildman–Crippen LogP) is -0.452. The maximum atomic E-state index is 12.5. The molecule has 9 nitrogen and oxygen atoms in total. The lowest BCUT2D eigenvalue weighted by molar-refractivity contribution is -0.913. The highest BCUT2D eigenvalue weighted by atomic mass is 16.7. The summed E-state index contributed by atoms with van der Waals surface area (Å²) in [5.74, 6) is 1.09. The van der Waals surface area contributed by atoms with Crippen LogP contribution in [-0.2, 0) is 9.59 Å². The molecule has 1 aromatic rings. The van der Waals surface area contributed by atoms with Crippen molar-refractivity contribution in [2.45, 2.75) is 19.3 Å². The zero-order chi connectivity index (χ0) is 18.8. The second kappa shape index (κ2) is 7.43. The van der Waals surface area contributed by atoms with Gasteiger partial charge in [-0.25, -0.2) is 9.69 Å². The van der Waals surface area contributed by atoms with Crippen LogP contribution in [0.15, 0.2) is 18.2 Å². The molecule has 0 atom stereocenters. The first kappa shape index (κ1) is 17.6. The zero-order valence-corrected chi connectivity index (χ0v) is 15.0. The van der Waals surface area contributed by atoms with E-state index in [0.717, 1.165) is 30.8 Å². The fraction of sp³-hybridized carbons (Fsp3) is 0.500. The molecule has 0 unspecified atom stereocenters. The van der Waals surface area contributed by atoms with Crippen molar-refractivity contribution in [1.82, 2.24) is 10.2 Å². The molecule has 4 rings (SSSR count). The Hall–Kier alpha value is -2.81. The van der Waals surface area contributed by atoms with Crippen LogP contribution >= 0.6 is 0 Å². The van der Waals surface area contributed by atoms with Gasteiger partial charge in [0.1, 0.15) is 0 Å². The van der Waals surface area contributed by atoms with Crippen LogP contribution in [0.5, 0.6) is 11.5 Å². The van der Waals surface area contributed by atoms with Gasteiger partial charge in [0, 0.05) is 43.5 Å². The van der Waals surface area contributed by atoms with E-state index in [9.17, 15) is 14.4 Å². The molecule has 3 N–H and O–H groups in total. The number of likely N-dealkylation sites (tertiary alicyclic amines) is 1. The number of nitrogens with zero attached hydrogens (tertiary/aromatic N) is 1. The molecule has 3 aliphatic heterocycles. The van der Waals surface area contributed by atoms with Crippen LogP contribution in [0.25, 0.3) is 0 Å². The van der Waals surface area contributed by atoms with Gasteiger partial charge in [-0.15, -0.1) is 0 Å². The number of rotatable bonds is 4. The van der Waals surface area contributed by atoms with Gasteiger partial charge in [0.25, 0.3) is 0 Å². The van der Waals surface area contributed by atoms with Gasteiger partial charge in [0.15, 0.2) is 18.2 Å². The quantitative estimate of drug-likeness (QED) is 0.662. The smallest absolute Gasteiger partial charge is 0.328 e. The summed E-state index contributed by atoms with van der Waals surface area (Å²) in [5.41, 5.74) is 0.689. The molecule has 0 aliphatic carbocycles. The summed E-state index contributed by atoms with van der Waals surface area (Å²) in [6.45, 7) is 2.46. The Morgan fingerprint density at radius 2 is 2.00 bits per heavy atom. The molecule has 2 saturated heterocycles. The van der Waals surface area contributed by atoms with Crippen molar-refractivity contribution in [3.8, 4) is 11.5 Å². The molecule has 4 amide bonds. The minimum atomic E-state index is -0.318. The van der Waals surface area contributed by atoms with Gasteiger partial charge in [0.2, 0.25) is 18.6 Å². The van der Waals surface area contributed by atoms with E-state index in [0.29, 0.717) is 36.8 Å². The molecule has 27 heavy (non-hydrogen) atoms. The summed E-state index contributed by atoms with van der Waals surface area (Å²) < 4.78 is 10.6. The molecule has 2 fully saturated rings. The van der Waals surface area contributed by atoms with E-state index in [1.54, 1.807) is 18.2 Å². The summed E-state index contributed by atoms with van der Waals surface area (Å²) in [7, 11) is 0. The molecular formula is C18H23N4O5+. The van der Waals surface area contributed by atoms with Crippen LogP contribution < -0.4 is 25.0 Å². The van der Waals surface area contributed by atoms with Crippen molar-refractivity contribution >= 4 is 23.5 Å². The van der Waals surface area contributed by atoms with Crippen molar-refractivity contribution in [2.24, 2.45) is 5.92 Å². The Bertz CT molecular complexity index is 744. The number of fused-ring (bicyclic) bond motifs is 1. The fourth-order valence-corrected chi connectivity index (χ4v) is 3.67. The van der Waals surface area contributed by atoms with Gasteiger partial charge >= 0.3 is 6.03 Å². The first-order chi connectivity index (χ1) is 13.1. The minimum Gasteiger partial charge on any atom is -0.454 e. The third-order valence-corrected chi connectivity index (χ3v) is 5.25. The summed E-state index contributed by atoms with van der Waals surface area (Å²) in [4.78, 5) is 38.7. The average molecular weight is 375 g/mol.